The van der Waals surface area contributed by atoms with E-state index in [2.05, 4.69) is 18.8 Å². The normalized spacial score (nSPS) is 15.8. The number of pyridine rings is 1. The number of rotatable bonds is 3. The molecule has 0 unspecified atom stereocenters. The molecule has 26 heavy (non-hydrogen) atoms. The Balaban J connectivity index is 1.95. The van der Waals surface area contributed by atoms with Crippen molar-refractivity contribution in [2.24, 2.45) is 11.1 Å². The number of aromatic nitrogens is 2. The smallest absolute Gasteiger partial charge is 0.404 e. The molecule has 1 aliphatic carbocycles. The zero-order valence-electron chi connectivity index (χ0n) is 14.7. The average Bonchev–Trinajstić information content (AvgIpc) is 3.19. The van der Waals surface area contributed by atoms with Gasteiger partial charge in [0.05, 0.1) is 21.0 Å². The van der Waals surface area contributed by atoms with Crippen LogP contribution in [0.2, 0.25) is 0 Å². The van der Waals surface area contributed by atoms with E-state index >= 15 is 0 Å². The zero-order valence-corrected chi connectivity index (χ0v) is 16.3. The van der Waals surface area contributed by atoms with Crippen molar-refractivity contribution in [2.45, 2.75) is 39.7 Å². The molecule has 1 aliphatic rings. The molecule has 0 saturated heterocycles. The van der Waals surface area contributed by atoms with Crippen molar-refractivity contribution >= 4 is 44.7 Å². The molecule has 8 heteroatoms. The fourth-order valence-electron chi connectivity index (χ4n) is 3.56. The van der Waals surface area contributed by atoms with Gasteiger partial charge in [0.1, 0.15) is 11.4 Å². The Morgan fingerprint density at radius 2 is 2.23 bits per heavy atom. The Morgan fingerprint density at radius 1 is 1.42 bits per heavy atom. The summed E-state index contributed by atoms with van der Waals surface area (Å²) in [4.78, 5) is 22.9. The molecule has 3 heterocycles. The molecule has 0 saturated carbocycles. The fraction of sp³-hybridized carbons (Fsp3) is 0.389. The molecular weight excluding hydrogens is 368 g/mol. The lowest BCUT2D eigenvalue weighted by atomic mass is 9.75. The van der Waals surface area contributed by atoms with E-state index in [0.29, 0.717) is 5.69 Å². The van der Waals surface area contributed by atoms with Crippen molar-refractivity contribution in [3.8, 4) is 10.4 Å². The number of anilines is 1. The molecule has 0 spiro atoms. The second kappa shape index (κ2) is 6.21. The number of hydrogen-bond acceptors (Lipinski definition) is 7. The molecular formula is C18H20N4O2S2. The van der Waals surface area contributed by atoms with Crippen LogP contribution in [0.1, 0.15) is 36.4 Å². The molecule has 1 amide bonds. The van der Waals surface area contributed by atoms with Crippen molar-refractivity contribution in [1.82, 2.24) is 9.97 Å². The highest BCUT2D eigenvalue weighted by Gasteiger charge is 2.31. The number of amides is 1. The van der Waals surface area contributed by atoms with E-state index < -0.39 is 6.09 Å². The summed E-state index contributed by atoms with van der Waals surface area (Å²) in [6.07, 6.45) is 4.10. The van der Waals surface area contributed by atoms with Gasteiger partial charge in [-0.3, -0.25) is 4.98 Å². The molecule has 4 N–H and O–H groups in total. The largest absolute Gasteiger partial charge is 0.444 e. The predicted octanol–water partition coefficient (Wildman–Crippen LogP) is 4.11. The van der Waals surface area contributed by atoms with Crippen LogP contribution in [0, 0.1) is 5.41 Å². The molecule has 0 aromatic carbocycles. The third-order valence-corrected chi connectivity index (χ3v) is 6.73. The van der Waals surface area contributed by atoms with Gasteiger partial charge in [-0.1, -0.05) is 13.8 Å². The first-order chi connectivity index (χ1) is 12.4. The average molecular weight is 389 g/mol. The number of nitrogen functional groups attached to an aromatic ring is 1. The first kappa shape index (κ1) is 17.2. The summed E-state index contributed by atoms with van der Waals surface area (Å²) in [5.74, 6) is 0. The quantitative estimate of drug-likeness (QED) is 0.702. The summed E-state index contributed by atoms with van der Waals surface area (Å²) in [5, 5.41) is 0.945. The molecule has 0 fully saturated rings. The van der Waals surface area contributed by atoms with Gasteiger partial charge in [-0.2, -0.15) is 0 Å². The van der Waals surface area contributed by atoms with Gasteiger partial charge in [-0.15, -0.1) is 22.7 Å². The molecule has 3 aromatic heterocycles. The topological polar surface area (TPSA) is 104 Å². The number of nitrogens with zero attached hydrogens (tertiary/aromatic N) is 2. The second-order valence-electron chi connectivity index (χ2n) is 7.35. The van der Waals surface area contributed by atoms with Gasteiger partial charge in [0, 0.05) is 22.8 Å². The molecule has 0 radical (unpaired) electrons. The SMILES string of the molecule is CC1(C)CCc2c(nc3sc(COC(N)=O)c(N)c3c2-c2cncs2)C1. The minimum atomic E-state index is -0.807. The Hall–Kier alpha value is -2.19. The number of primary amides is 1. The summed E-state index contributed by atoms with van der Waals surface area (Å²) >= 11 is 3.07. The van der Waals surface area contributed by atoms with Gasteiger partial charge >= 0.3 is 6.09 Å². The predicted molar refractivity (Wildman–Crippen MR) is 105 cm³/mol. The summed E-state index contributed by atoms with van der Waals surface area (Å²) < 4.78 is 4.96. The molecule has 0 atom stereocenters. The van der Waals surface area contributed by atoms with E-state index in [1.807, 2.05) is 11.7 Å². The lowest BCUT2D eigenvalue weighted by Gasteiger charge is -2.31. The molecule has 3 aromatic rings. The molecule has 6 nitrogen and oxygen atoms in total. The highest BCUT2D eigenvalue weighted by molar-refractivity contribution is 7.19. The summed E-state index contributed by atoms with van der Waals surface area (Å²) in [6, 6.07) is 0. The number of carbonyl (C=O) groups excluding carboxylic acids is 1. The number of thiophene rings is 1. The Morgan fingerprint density at radius 3 is 2.92 bits per heavy atom. The lowest BCUT2D eigenvalue weighted by Crippen LogP contribution is -2.23. The fourth-order valence-corrected chi connectivity index (χ4v) is 5.29. The number of carbonyl (C=O) groups is 1. The summed E-state index contributed by atoms with van der Waals surface area (Å²) in [5.41, 5.74) is 17.8. The highest BCUT2D eigenvalue weighted by Crippen LogP contribution is 2.46. The third kappa shape index (κ3) is 2.93. The van der Waals surface area contributed by atoms with Crippen molar-refractivity contribution in [3.63, 3.8) is 0 Å². The molecule has 136 valence electrons. The van der Waals surface area contributed by atoms with E-state index in [-0.39, 0.29) is 12.0 Å². The number of ether oxygens (including phenoxy) is 1. The van der Waals surface area contributed by atoms with E-state index in [1.165, 1.54) is 16.9 Å². The van der Waals surface area contributed by atoms with Crippen molar-refractivity contribution in [1.29, 1.82) is 0 Å². The molecule has 0 aliphatic heterocycles. The number of fused-ring (bicyclic) bond motifs is 2. The highest BCUT2D eigenvalue weighted by atomic mass is 32.1. The maximum absolute atomic E-state index is 11.0. The standard InChI is InChI=1S/C18H20N4O2S2/c1-18(2)4-3-9-10(5-18)22-16-14(13(9)11-6-21-8-25-11)15(19)12(26-16)7-24-17(20)23/h6,8H,3-5,7,19H2,1-2H3,(H2,20,23). The third-order valence-electron chi connectivity index (χ3n) is 4.86. The van der Waals surface area contributed by atoms with E-state index in [1.54, 1.807) is 11.3 Å². The number of thiazole rings is 1. The first-order valence-electron chi connectivity index (χ1n) is 8.39. The van der Waals surface area contributed by atoms with E-state index in [0.717, 1.165) is 50.5 Å². The van der Waals surface area contributed by atoms with Gasteiger partial charge in [0.25, 0.3) is 0 Å². The summed E-state index contributed by atoms with van der Waals surface area (Å²) in [7, 11) is 0. The van der Waals surface area contributed by atoms with Crippen LogP contribution in [0.4, 0.5) is 10.5 Å². The van der Waals surface area contributed by atoms with Gasteiger partial charge in [-0.05, 0) is 30.2 Å². The van der Waals surface area contributed by atoms with Crippen molar-refractivity contribution in [2.75, 3.05) is 5.73 Å². The first-order valence-corrected chi connectivity index (χ1v) is 10.1. The Bertz CT molecular complexity index is 993. The van der Waals surface area contributed by atoms with Gasteiger partial charge < -0.3 is 16.2 Å². The maximum atomic E-state index is 11.0. The van der Waals surface area contributed by atoms with Crippen LogP contribution >= 0.6 is 22.7 Å². The van der Waals surface area contributed by atoms with Gasteiger partial charge in [-0.25, -0.2) is 9.78 Å². The van der Waals surface area contributed by atoms with E-state index in [4.69, 9.17) is 21.2 Å². The van der Waals surface area contributed by atoms with Crippen LogP contribution in [0.5, 0.6) is 0 Å². The number of nitrogens with two attached hydrogens (primary N) is 2. The minimum absolute atomic E-state index is 0.0699. The van der Waals surface area contributed by atoms with Crippen molar-refractivity contribution in [3.05, 3.63) is 27.8 Å². The van der Waals surface area contributed by atoms with E-state index in [9.17, 15) is 4.79 Å². The van der Waals surface area contributed by atoms with Crippen LogP contribution in [0.25, 0.3) is 20.7 Å². The minimum Gasteiger partial charge on any atom is -0.444 e. The zero-order chi connectivity index (χ0) is 18.5. The van der Waals surface area contributed by atoms with Gasteiger partial charge in [0.2, 0.25) is 0 Å². The Kier molecular flexibility index (Phi) is 4.11. The molecule has 0 bridgehead atoms. The molecule has 4 rings (SSSR count). The van der Waals surface area contributed by atoms with Crippen molar-refractivity contribution < 1.29 is 9.53 Å². The van der Waals surface area contributed by atoms with Crippen LogP contribution in [0.15, 0.2) is 11.7 Å². The van der Waals surface area contributed by atoms with Gasteiger partial charge in [0.15, 0.2) is 0 Å². The van der Waals surface area contributed by atoms with Crippen LogP contribution in [0.3, 0.4) is 0 Å². The van der Waals surface area contributed by atoms with Crippen LogP contribution < -0.4 is 11.5 Å². The van der Waals surface area contributed by atoms with Crippen LogP contribution in [-0.2, 0) is 24.2 Å². The Labute approximate surface area is 159 Å². The lowest BCUT2D eigenvalue weighted by molar-refractivity contribution is 0.151. The maximum Gasteiger partial charge on any atom is 0.404 e. The monoisotopic (exact) mass is 388 g/mol. The van der Waals surface area contributed by atoms with Crippen LogP contribution in [-0.4, -0.2) is 16.1 Å². The number of hydrogen-bond donors (Lipinski definition) is 2. The summed E-state index contributed by atoms with van der Waals surface area (Å²) in [6.45, 7) is 4.63. The second-order valence-corrected chi connectivity index (χ2v) is 9.32.